The van der Waals surface area contributed by atoms with Gasteiger partial charge in [-0.25, -0.2) is 0 Å². The summed E-state index contributed by atoms with van der Waals surface area (Å²) in [6.45, 7) is 1.54. The third-order valence-electron chi connectivity index (χ3n) is 2.23. The first-order chi connectivity index (χ1) is 7.29. The molecule has 0 aliphatic carbocycles. The number of nitrogens with zero attached hydrogens (tertiary/aromatic N) is 1. The van der Waals surface area contributed by atoms with E-state index in [2.05, 4.69) is 4.98 Å². The van der Waals surface area contributed by atoms with Crippen LogP contribution in [0.3, 0.4) is 0 Å². The van der Waals surface area contributed by atoms with Gasteiger partial charge in [-0.05, 0) is 11.6 Å². The molecule has 0 bridgehead atoms. The molecule has 80 valence electrons. The smallest absolute Gasteiger partial charge is 0.293 e. The van der Waals surface area contributed by atoms with Gasteiger partial charge >= 0.3 is 20.1 Å². The van der Waals surface area contributed by atoms with Gasteiger partial charge in [-0.2, -0.15) is 0 Å². The van der Waals surface area contributed by atoms with Crippen LogP contribution < -0.4 is 0 Å². The maximum atomic E-state index is 11.4. The maximum Gasteiger partial charge on any atom is 3.00 e. The van der Waals surface area contributed by atoms with Crippen molar-refractivity contribution in [3.8, 4) is 11.1 Å². The van der Waals surface area contributed by atoms with Crippen LogP contribution in [0.4, 0.5) is 0 Å². The number of ketones is 1. The third kappa shape index (κ3) is 2.63. The van der Waals surface area contributed by atoms with E-state index in [-0.39, 0.29) is 25.9 Å². The Kier molecular flexibility index (Phi) is 4.53. The van der Waals surface area contributed by atoms with Gasteiger partial charge in [-0.3, -0.25) is 9.78 Å². The Labute approximate surface area is 108 Å². The van der Waals surface area contributed by atoms with E-state index >= 15 is 0 Å². The molecule has 0 amide bonds. The van der Waals surface area contributed by atoms with Crippen LogP contribution in [0, 0.1) is 0 Å². The van der Waals surface area contributed by atoms with Crippen molar-refractivity contribution in [3.05, 3.63) is 54.4 Å². The maximum absolute atomic E-state index is 11.4. The van der Waals surface area contributed by atoms with Crippen LogP contribution in [0.2, 0.25) is 0 Å². The summed E-state index contributed by atoms with van der Waals surface area (Å²) in [6, 6.07) is 13.6. The zero-order chi connectivity index (χ0) is 10.7. The molecular weight excluding hydrogens is 378 g/mol. The molecule has 0 unspecified atom stereocenters. The van der Waals surface area contributed by atoms with Crippen LogP contribution >= 0.6 is 0 Å². The van der Waals surface area contributed by atoms with E-state index in [9.17, 15) is 4.79 Å². The van der Waals surface area contributed by atoms with Gasteiger partial charge in [0.1, 0.15) is 5.69 Å². The number of rotatable bonds is 2. The Morgan fingerprint density at radius 3 is 2.38 bits per heavy atom. The quantitative estimate of drug-likeness (QED) is 0.740. The van der Waals surface area contributed by atoms with Crippen molar-refractivity contribution in [1.29, 1.82) is 0 Å². The minimum Gasteiger partial charge on any atom is -0.293 e. The molecule has 2 rings (SSSR count). The summed E-state index contributed by atoms with van der Waals surface area (Å²) in [4.78, 5) is 15.5. The van der Waals surface area contributed by atoms with Crippen LogP contribution in [0.5, 0.6) is 0 Å². The molecule has 1 aromatic carbocycles. The predicted molar refractivity (Wildman–Crippen MR) is 59.7 cm³/mol. The van der Waals surface area contributed by atoms with Gasteiger partial charge in [-0.15, -0.1) is 0 Å². The van der Waals surface area contributed by atoms with E-state index in [0.29, 0.717) is 5.69 Å². The Morgan fingerprint density at radius 1 is 1.06 bits per heavy atom. The van der Waals surface area contributed by atoms with Crippen molar-refractivity contribution in [1.82, 2.24) is 4.98 Å². The normalized spacial score (nSPS) is 9.31. The predicted octanol–water partition coefficient (Wildman–Crippen LogP) is 2.95. The van der Waals surface area contributed by atoms with Gasteiger partial charge in [0.15, 0.2) is 5.78 Å². The topological polar surface area (TPSA) is 30.0 Å². The molecule has 0 aliphatic rings. The fourth-order valence-electron chi connectivity index (χ4n) is 1.54. The number of carbonyl (C=O) groups is 1. The molecule has 0 N–H and O–H groups in total. The van der Waals surface area contributed by atoms with Crippen LogP contribution in [0.1, 0.15) is 17.4 Å². The monoisotopic (exact) mass is 390 g/mol. The number of Topliss-reactive ketones (excluding diaryl/α,β-unsaturated/α-hetero) is 1. The number of hydrogen-bond acceptors (Lipinski definition) is 2. The van der Waals surface area contributed by atoms with E-state index in [4.69, 9.17) is 0 Å². The SMILES string of the molecule is CC(=O)c1ncccc1-c1ccccc1.[Ir+3]. The molecule has 2 aromatic rings. The van der Waals surface area contributed by atoms with Crippen LogP contribution in [0.15, 0.2) is 48.7 Å². The number of aromatic nitrogens is 1. The van der Waals surface area contributed by atoms with E-state index in [0.717, 1.165) is 11.1 Å². The largest absolute Gasteiger partial charge is 3.00 e. The van der Waals surface area contributed by atoms with Crippen LogP contribution in [-0.2, 0) is 20.1 Å². The second-order valence-corrected chi connectivity index (χ2v) is 3.32. The second-order valence-electron chi connectivity index (χ2n) is 3.32. The molecule has 0 saturated carbocycles. The molecule has 16 heavy (non-hydrogen) atoms. The van der Waals surface area contributed by atoms with Crippen molar-refractivity contribution in [2.45, 2.75) is 6.92 Å². The summed E-state index contributed by atoms with van der Waals surface area (Å²) < 4.78 is 0. The Bertz CT molecular complexity index is 482. The fraction of sp³-hybridized carbons (Fsp3) is 0.0769. The first-order valence-electron chi connectivity index (χ1n) is 4.80. The Morgan fingerprint density at radius 2 is 1.75 bits per heavy atom. The molecule has 1 aromatic heterocycles. The van der Waals surface area contributed by atoms with Gasteiger partial charge in [0.25, 0.3) is 0 Å². The standard InChI is InChI=1S/C13H11NO.Ir/c1-10(15)13-12(8-5-9-14-13)11-6-3-2-4-7-11;/h2-9H,1H3;/q;+3. The van der Waals surface area contributed by atoms with Crippen molar-refractivity contribution in [2.24, 2.45) is 0 Å². The number of hydrogen-bond donors (Lipinski definition) is 0. The average molecular weight is 389 g/mol. The minimum atomic E-state index is -0.00514. The van der Waals surface area contributed by atoms with Crippen molar-refractivity contribution < 1.29 is 24.9 Å². The summed E-state index contributed by atoms with van der Waals surface area (Å²) in [5.41, 5.74) is 2.45. The third-order valence-corrected chi connectivity index (χ3v) is 2.23. The minimum absolute atomic E-state index is 0. The second kappa shape index (κ2) is 5.69. The van der Waals surface area contributed by atoms with Crippen LogP contribution in [-0.4, -0.2) is 10.8 Å². The van der Waals surface area contributed by atoms with Gasteiger partial charge < -0.3 is 0 Å². The zero-order valence-electron chi connectivity index (χ0n) is 8.81. The van der Waals surface area contributed by atoms with Crippen LogP contribution in [0.25, 0.3) is 11.1 Å². The Hall–Kier alpha value is -1.31. The number of benzene rings is 1. The molecule has 3 heteroatoms. The summed E-state index contributed by atoms with van der Waals surface area (Å²) in [5.74, 6) is -0.00514. The van der Waals surface area contributed by atoms with Gasteiger partial charge in [0.2, 0.25) is 0 Å². The van der Waals surface area contributed by atoms with Gasteiger partial charge in [-0.1, -0.05) is 36.4 Å². The van der Waals surface area contributed by atoms with E-state index < -0.39 is 0 Å². The van der Waals surface area contributed by atoms with E-state index in [1.165, 1.54) is 6.92 Å². The Balaban J connectivity index is 0.00000128. The number of carbonyl (C=O) groups excluding carboxylic acids is 1. The van der Waals surface area contributed by atoms with E-state index in [1.54, 1.807) is 6.20 Å². The molecule has 0 spiro atoms. The summed E-state index contributed by atoms with van der Waals surface area (Å²) in [5, 5.41) is 0. The first-order valence-corrected chi connectivity index (χ1v) is 4.80. The summed E-state index contributed by atoms with van der Waals surface area (Å²) in [7, 11) is 0. The fourth-order valence-corrected chi connectivity index (χ4v) is 1.54. The first kappa shape index (κ1) is 12.8. The van der Waals surface area contributed by atoms with Crippen molar-refractivity contribution in [3.63, 3.8) is 0 Å². The molecule has 0 atom stereocenters. The molecule has 0 fully saturated rings. The van der Waals surface area contributed by atoms with Crippen molar-refractivity contribution in [2.75, 3.05) is 0 Å². The summed E-state index contributed by atoms with van der Waals surface area (Å²) >= 11 is 0. The molecular formula is C13H11IrNO+3. The summed E-state index contributed by atoms with van der Waals surface area (Å²) in [6.07, 6.45) is 1.64. The number of pyridine rings is 1. The molecule has 1 heterocycles. The molecule has 0 aliphatic heterocycles. The van der Waals surface area contributed by atoms with Crippen molar-refractivity contribution >= 4 is 5.78 Å². The van der Waals surface area contributed by atoms with E-state index in [1.807, 2.05) is 42.5 Å². The van der Waals surface area contributed by atoms with Gasteiger partial charge in [0.05, 0.1) is 0 Å². The van der Waals surface area contributed by atoms with Gasteiger partial charge in [0, 0.05) is 18.7 Å². The zero-order valence-corrected chi connectivity index (χ0v) is 11.2. The molecule has 0 saturated heterocycles. The average Bonchev–Trinajstić information content (AvgIpc) is 2.30. The molecule has 0 radical (unpaired) electrons. The molecule has 2 nitrogen and oxygen atoms in total.